The summed E-state index contributed by atoms with van der Waals surface area (Å²) in [5, 5.41) is 2.75. The average Bonchev–Trinajstić information content (AvgIpc) is 2.94. The molecular formula is C18H14ClFN2S. The first-order valence-corrected chi connectivity index (χ1v) is 8.28. The van der Waals surface area contributed by atoms with E-state index in [2.05, 4.69) is 21.5 Å². The quantitative estimate of drug-likeness (QED) is 0.562. The Labute approximate surface area is 142 Å². The van der Waals surface area contributed by atoms with E-state index in [9.17, 15) is 4.39 Å². The monoisotopic (exact) mass is 344 g/mol. The summed E-state index contributed by atoms with van der Waals surface area (Å²) in [6, 6.07) is 13.8. The fraction of sp³-hybridized carbons (Fsp3) is 0.0556. The van der Waals surface area contributed by atoms with Crippen LogP contribution in [0.25, 0.3) is 11.3 Å². The molecule has 0 amide bonds. The Kier molecular flexibility index (Phi) is 4.74. The summed E-state index contributed by atoms with van der Waals surface area (Å²) in [5.74, 6) is -0.268. The van der Waals surface area contributed by atoms with Crippen molar-refractivity contribution in [3.63, 3.8) is 0 Å². The van der Waals surface area contributed by atoms with Crippen molar-refractivity contribution < 1.29 is 4.39 Å². The molecule has 0 saturated carbocycles. The summed E-state index contributed by atoms with van der Waals surface area (Å²) in [7, 11) is 0. The molecule has 2 nitrogen and oxygen atoms in total. The van der Waals surface area contributed by atoms with Crippen molar-refractivity contribution in [2.75, 3.05) is 0 Å². The second-order valence-corrected chi connectivity index (χ2v) is 6.17. The molecule has 0 aliphatic rings. The Morgan fingerprint density at radius 1 is 1.13 bits per heavy atom. The van der Waals surface area contributed by atoms with Crippen LogP contribution in [0.1, 0.15) is 0 Å². The highest BCUT2D eigenvalue weighted by Gasteiger charge is 2.07. The number of halogens is 2. The van der Waals surface area contributed by atoms with Crippen LogP contribution in [-0.4, -0.2) is 4.57 Å². The lowest BCUT2D eigenvalue weighted by Gasteiger charge is -2.06. The van der Waals surface area contributed by atoms with Gasteiger partial charge in [-0.05, 0) is 42.0 Å². The molecule has 2 aromatic carbocycles. The average molecular weight is 345 g/mol. The molecule has 1 aromatic heterocycles. The third-order valence-electron chi connectivity index (χ3n) is 3.30. The molecule has 0 spiro atoms. The highest BCUT2D eigenvalue weighted by Crippen LogP contribution is 2.23. The van der Waals surface area contributed by atoms with Crippen LogP contribution in [-0.2, 0) is 6.54 Å². The van der Waals surface area contributed by atoms with Gasteiger partial charge in [-0.2, -0.15) is 0 Å². The fourth-order valence-electron chi connectivity index (χ4n) is 2.20. The molecular weight excluding hydrogens is 331 g/mol. The molecule has 0 unspecified atom stereocenters. The maximum absolute atomic E-state index is 13.0. The van der Waals surface area contributed by atoms with Crippen LogP contribution in [0.4, 0.5) is 10.1 Å². The van der Waals surface area contributed by atoms with Crippen molar-refractivity contribution in [2.24, 2.45) is 4.99 Å². The minimum Gasteiger partial charge on any atom is -0.313 e. The van der Waals surface area contributed by atoms with E-state index in [0.29, 0.717) is 17.3 Å². The van der Waals surface area contributed by atoms with Crippen molar-refractivity contribution >= 4 is 28.6 Å². The van der Waals surface area contributed by atoms with Crippen molar-refractivity contribution in [1.29, 1.82) is 0 Å². The van der Waals surface area contributed by atoms with E-state index in [4.69, 9.17) is 11.6 Å². The van der Waals surface area contributed by atoms with Crippen molar-refractivity contribution in [1.82, 2.24) is 4.57 Å². The number of hydrogen-bond acceptors (Lipinski definition) is 2. The van der Waals surface area contributed by atoms with Crippen LogP contribution in [0.5, 0.6) is 0 Å². The SMILES string of the molecule is C=CCn1c(-c2ccc(Cl)cc2)csc1=Nc1ccc(F)cc1. The van der Waals surface area contributed by atoms with E-state index in [1.54, 1.807) is 12.1 Å². The first kappa shape index (κ1) is 15.7. The third kappa shape index (κ3) is 3.60. The number of aromatic nitrogens is 1. The smallest absolute Gasteiger partial charge is 0.190 e. The Bertz CT molecular complexity index is 877. The molecule has 0 N–H and O–H groups in total. The van der Waals surface area contributed by atoms with Gasteiger partial charge in [0.2, 0.25) is 0 Å². The van der Waals surface area contributed by atoms with E-state index in [1.165, 1.54) is 23.5 Å². The molecule has 0 aliphatic carbocycles. The minimum atomic E-state index is -0.268. The molecule has 0 saturated heterocycles. The Morgan fingerprint density at radius 3 is 2.48 bits per heavy atom. The number of nitrogens with zero attached hydrogens (tertiary/aromatic N) is 2. The topological polar surface area (TPSA) is 17.3 Å². The molecule has 5 heteroatoms. The van der Waals surface area contributed by atoms with Gasteiger partial charge >= 0.3 is 0 Å². The second kappa shape index (κ2) is 6.94. The Balaban J connectivity index is 2.09. The first-order valence-electron chi connectivity index (χ1n) is 7.03. The zero-order valence-corrected chi connectivity index (χ0v) is 13.8. The van der Waals surface area contributed by atoms with Crippen LogP contribution in [0.2, 0.25) is 5.02 Å². The lowest BCUT2D eigenvalue weighted by molar-refractivity contribution is 0.628. The van der Waals surface area contributed by atoms with Crippen LogP contribution in [0.15, 0.2) is 71.6 Å². The summed E-state index contributed by atoms with van der Waals surface area (Å²) >= 11 is 7.49. The number of hydrogen-bond donors (Lipinski definition) is 0. The first-order chi connectivity index (χ1) is 11.2. The van der Waals surface area contributed by atoms with Gasteiger partial charge in [0.05, 0.1) is 11.4 Å². The van der Waals surface area contributed by atoms with E-state index < -0.39 is 0 Å². The molecule has 3 rings (SSSR count). The molecule has 3 aromatic rings. The van der Waals surface area contributed by atoms with Gasteiger partial charge in [0.1, 0.15) is 5.82 Å². The maximum atomic E-state index is 13.0. The zero-order chi connectivity index (χ0) is 16.2. The van der Waals surface area contributed by atoms with Gasteiger partial charge in [-0.1, -0.05) is 29.8 Å². The van der Waals surface area contributed by atoms with Crippen LogP contribution < -0.4 is 4.80 Å². The van der Waals surface area contributed by atoms with Crippen molar-refractivity contribution in [2.45, 2.75) is 6.54 Å². The molecule has 0 radical (unpaired) electrons. The van der Waals surface area contributed by atoms with Crippen LogP contribution in [0, 0.1) is 5.82 Å². The fourth-order valence-corrected chi connectivity index (χ4v) is 3.27. The molecule has 0 bridgehead atoms. The van der Waals surface area contributed by atoms with Gasteiger partial charge in [-0.15, -0.1) is 17.9 Å². The molecule has 116 valence electrons. The molecule has 0 fully saturated rings. The van der Waals surface area contributed by atoms with E-state index >= 15 is 0 Å². The molecule has 0 atom stereocenters. The Morgan fingerprint density at radius 2 is 1.83 bits per heavy atom. The van der Waals surface area contributed by atoms with Crippen LogP contribution in [0.3, 0.4) is 0 Å². The minimum absolute atomic E-state index is 0.268. The van der Waals surface area contributed by atoms with Gasteiger partial charge in [0, 0.05) is 16.9 Å². The number of allylic oxidation sites excluding steroid dienone is 1. The van der Waals surface area contributed by atoms with Crippen molar-refractivity contribution in [3.8, 4) is 11.3 Å². The lowest BCUT2D eigenvalue weighted by atomic mass is 10.2. The second-order valence-electron chi connectivity index (χ2n) is 4.90. The molecule has 0 aliphatic heterocycles. The summed E-state index contributed by atoms with van der Waals surface area (Å²) in [6.45, 7) is 4.46. The normalized spacial score (nSPS) is 11.7. The highest BCUT2D eigenvalue weighted by molar-refractivity contribution is 7.07. The van der Waals surface area contributed by atoms with Gasteiger partial charge in [-0.3, -0.25) is 0 Å². The number of benzene rings is 2. The predicted octanol–water partition coefficient (Wildman–Crippen LogP) is 5.43. The van der Waals surface area contributed by atoms with Gasteiger partial charge in [0.15, 0.2) is 4.80 Å². The molecule has 23 heavy (non-hydrogen) atoms. The Hall–Kier alpha value is -2.17. The van der Waals surface area contributed by atoms with Gasteiger partial charge < -0.3 is 4.57 Å². The van der Waals surface area contributed by atoms with Gasteiger partial charge in [-0.25, -0.2) is 9.38 Å². The van der Waals surface area contributed by atoms with E-state index in [0.717, 1.165) is 16.1 Å². The number of rotatable bonds is 4. The summed E-state index contributed by atoms with van der Waals surface area (Å²) in [6.07, 6.45) is 1.83. The van der Waals surface area contributed by atoms with Crippen molar-refractivity contribution in [3.05, 3.63) is 82.2 Å². The maximum Gasteiger partial charge on any atom is 0.190 e. The number of thiazole rings is 1. The zero-order valence-electron chi connectivity index (χ0n) is 12.2. The summed E-state index contributed by atoms with van der Waals surface area (Å²) in [5.41, 5.74) is 2.83. The van der Waals surface area contributed by atoms with Crippen LogP contribution >= 0.6 is 22.9 Å². The largest absolute Gasteiger partial charge is 0.313 e. The lowest BCUT2D eigenvalue weighted by Crippen LogP contribution is -2.14. The molecule has 1 heterocycles. The van der Waals surface area contributed by atoms with E-state index in [1.807, 2.05) is 30.3 Å². The van der Waals surface area contributed by atoms with E-state index in [-0.39, 0.29) is 5.82 Å². The predicted molar refractivity (Wildman–Crippen MR) is 94.6 cm³/mol. The third-order valence-corrected chi connectivity index (χ3v) is 4.42. The summed E-state index contributed by atoms with van der Waals surface area (Å²) < 4.78 is 15.1. The summed E-state index contributed by atoms with van der Waals surface area (Å²) in [4.78, 5) is 5.44. The standard InChI is InChI=1S/C18H14ClFN2S/c1-2-11-22-17(13-3-5-14(19)6-4-13)12-23-18(22)21-16-9-7-15(20)8-10-16/h2-10,12H,1,11H2. The highest BCUT2D eigenvalue weighted by atomic mass is 35.5. The van der Waals surface area contributed by atoms with Gasteiger partial charge in [0.25, 0.3) is 0 Å².